The van der Waals surface area contributed by atoms with Gasteiger partial charge in [0.05, 0.1) is 19.3 Å². The van der Waals surface area contributed by atoms with Gasteiger partial charge in [-0.25, -0.2) is 0 Å². The normalized spacial score (nSPS) is 21.0. The summed E-state index contributed by atoms with van der Waals surface area (Å²) in [6.07, 6.45) is -5.78. The van der Waals surface area contributed by atoms with E-state index in [0.717, 1.165) is 39.0 Å². The largest absolute Gasteiger partial charge is 0.394 e. The van der Waals surface area contributed by atoms with E-state index in [-0.39, 0.29) is 6.54 Å². The van der Waals surface area contributed by atoms with Crippen LogP contribution in [-0.4, -0.2) is 142 Å². The van der Waals surface area contributed by atoms with Crippen LogP contribution in [0.25, 0.3) is 0 Å². The number of ether oxygens (including phenoxy) is 1. The van der Waals surface area contributed by atoms with E-state index in [0.29, 0.717) is 26.3 Å². The molecular weight excluding hydrogens is 398 g/mol. The SMILES string of the molecule is CCCCOCC(O)CN1CCN(CCNC(=O)C(O)C(O)C(O)C(O)CO)CC1. The molecule has 5 unspecified atom stereocenters. The smallest absolute Gasteiger partial charge is 0.251 e. The highest BCUT2D eigenvalue weighted by atomic mass is 16.5. The van der Waals surface area contributed by atoms with E-state index < -0.39 is 43.0 Å². The summed E-state index contributed by atoms with van der Waals surface area (Å²) in [5.41, 5.74) is 0. The minimum Gasteiger partial charge on any atom is -0.394 e. The monoisotopic (exact) mass is 437 g/mol. The quantitative estimate of drug-likeness (QED) is 0.127. The molecule has 0 spiro atoms. The van der Waals surface area contributed by atoms with Crippen molar-refractivity contribution in [2.45, 2.75) is 50.3 Å². The number of carbonyl (C=O) groups is 1. The molecule has 1 heterocycles. The molecule has 1 fully saturated rings. The maximum atomic E-state index is 11.9. The fourth-order valence-corrected chi connectivity index (χ4v) is 3.13. The van der Waals surface area contributed by atoms with E-state index in [1.165, 1.54) is 0 Å². The molecule has 178 valence electrons. The predicted molar refractivity (Wildman–Crippen MR) is 109 cm³/mol. The lowest BCUT2D eigenvalue weighted by Crippen LogP contribution is -2.53. The summed E-state index contributed by atoms with van der Waals surface area (Å²) in [5, 5.41) is 59.6. The summed E-state index contributed by atoms with van der Waals surface area (Å²) < 4.78 is 5.44. The molecular formula is C19H39N3O8. The van der Waals surface area contributed by atoms with Gasteiger partial charge >= 0.3 is 0 Å². The third kappa shape index (κ3) is 9.94. The number of piperazine rings is 1. The van der Waals surface area contributed by atoms with E-state index in [1.807, 2.05) is 0 Å². The van der Waals surface area contributed by atoms with Crippen LogP contribution >= 0.6 is 0 Å². The van der Waals surface area contributed by atoms with Crippen molar-refractivity contribution in [3.05, 3.63) is 0 Å². The molecule has 0 aromatic carbocycles. The Hall–Kier alpha value is -0.890. The van der Waals surface area contributed by atoms with Gasteiger partial charge in [0.2, 0.25) is 0 Å². The van der Waals surface area contributed by atoms with E-state index in [4.69, 9.17) is 9.84 Å². The summed E-state index contributed by atoms with van der Waals surface area (Å²) in [4.78, 5) is 16.2. The minimum atomic E-state index is -1.92. The maximum absolute atomic E-state index is 11.9. The van der Waals surface area contributed by atoms with Crippen molar-refractivity contribution in [3.8, 4) is 0 Å². The number of aliphatic hydroxyl groups excluding tert-OH is 6. The molecule has 11 nitrogen and oxygen atoms in total. The molecule has 0 saturated carbocycles. The van der Waals surface area contributed by atoms with Gasteiger partial charge in [-0.1, -0.05) is 13.3 Å². The Bertz CT molecular complexity index is 465. The second-order valence-corrected chi connectivity index (χ2v) is 7.69. The first-order valence-corrected chi connectivity index (χ1v) is 10.6. The summed E-state index contributed by atoms with van der Waals surface area (Å²) in [5.74, 6) is -0.864. The first-order valence-electron chi connectivity index (χ1n) is 10.6. The Labute approximate surface area is 177 Å². The first-order chi connectivity index (χ1) is 14.3. The van der Waals surface area contributed by atoms with Crippen molar-refractivity contribution in [1.82, 2.24) is 15.1 Å². The van der Waals surface area contributed by atoms with Crippen molar-refractivity contribution in [3.63, 3.8) is 0 Å². The van der Waals surface area contributed by atoms with Gasteiger partial charge in [-0.05, 0) is 6.42 Å². The van der Waals surface area contributed by atoms with Gasteiger partial charge in [0, 0.05) is 52.4 Å². The Morgan fingerprint density at radius 2 is 1.67 bits per heavy atom. The van der Waals surface area contributed by atoms with Crippen molar-refractivity contribution in [2.75, 3.05) is 65.6 Å². The summed E-state index contributed by atoms with van der Waals surface area (Å²) in [6, 6.07) is 0. The van der Waals surface area contributed by atoms with E-state index in [9.17, 15) is 30.3 Å². The highest BCUT2D eigenvalue weighted by Gasteiger charge is 2.34. The van der Waals surface area contributed by atoms with E-state index >= 15 is 0 Å². The van der Waals surface area contributed by atoms with E-state index in [2.05, 4.69) is 22.0 Å². The Balaban J connectivity index is 2.20. The van der Waals surface area contributed by atoms with Gasteiger partial charge in [-0.2, -0.15) is 0 Å². The molecule has 1 saturated heterocycles. The second-order valence-electron chi connectivity index (χ2n) is 7.69. The highest BCUT2D eigenvalue weighted by molar-refractivity contribution is 5.81. The molecule has 1 aliphatic heterocycles. The number of nitrogens with zero attached hydrogens (tertiary/aromatic N) is 2. The van der Waals surface area contributed by atoms with Crippen molar-refractivity contribution < 1.29 is 40.2 Å². The number of hydrogen-bond acceptors (Lipinski definition) is 10. The number of hydrogen-bond donors (Lipinski definition) is 7. The highest BCUT2D eigenvalue weighted by Crippen LogP contribution is 2.06. The van der Waals surface area contributed by atoms with Gasteiger partial charge in [-0.3, -0.25) is 14.6 Å². The zero-order valence-electron chi connectivity index (χ0n) is 17.8. The van der Waals surface area contributed by atoms with Gasteiger partial charge in [-0.15, -0.1) is 0 Å². The third-order valence-electron chi connectivity index (χ3n) is 5.14. The molecule has 0 radical (unpaired) electrons. The van der Waals surface area contributed by atoms with Crippen LogP contribution in [0.4, 0.5) is 0 Å². The molecule has 0 aromatic rings. The van der Waals surface area contributed by atoms with Crippen LogP contribution in [0.5, 0.6) is 0 Å². The zero-order chi connectivity index (χ0) is 22.5. The lowest BCUT2D eigenvalue weighted by atomic mass is 10.0. The molecule has 0 aromatic heterocycles. The lowest BCUT2D eigenvalue weighted by molar-refractivity contribution is -0.148. The number of amides is 1. The van der Waals surface area contributed by atoms with Crippen molar-refractivity contribution >= 4 is 5.91 Å². The summed E-state index contributed by atoms with van der Waals surface area (Å²) in [7, 11) is 0. The lowest BCUT2D eigenvalue weighted by Gasteiger charge is -2.35. The number of rotatable bonds is 15. The minimum absolute atomic E-state index is 0.245. The van der Waals surface area contributed by atoms with E-state index in [1.54, 1.807) is 0 Å². The zero-order valence-corrected chi connectivity index (χ0v) is 17.8. The molecule has 7 N–H and O–H groups in total. The van der Waals surface area contributed by atoms with Gasteiger partial charge in [0.25, 0.3) is 5.91 Å². The molecule has 11 heteroatoms. The number of nitrogens with one attached hydrogen (secondary N) is 1. The Kier molecular flexibility index (Phi) is 13.6. The van der Waals surface area contributed by atoms with Crippen LogP contribution in [0.3, 0.4) is 0 Å². The molecule has 1 rings (SSSR count). The van der Waals surface area contributed by atoms with Gasteiger partial charge < -0.3 is 40.7 Å². The average Bonchev–Trinajstić information content (AvgIpc) is 2.75. The van der Waals surface area contributed by atoms with Crippen LogP contribution < -0.4 is 5.32 Å². The molecule has 1 aliphatic rings. The summed E-state index contributed by atoms with van der Waals surface area (Å²) in [6.45, 7) is 6.75. The number of aliphatic hydroxyl groups is 6. The molecule has 5 atom stereocenters. The predicted octanol–water partition coefficient (Wildman–Crippen LogP) is -3.67. The van der Waals surface area contributed by atoms with Crippen LogP contribution in [0.1, 0.15) is 19.8 Å². The fourth-order valence-electron chi connectivity index (χ4n) is 3.13. The number of β-amino-alcohol motifs (C(OH)–C–C–N with tert-alkyl or cyclic N) is 1. The number of unbranched alkanes of at least 4 members (excludes halogenated alkanes) is 1. The molecule has 0 bridgehead atoms. The fraction of sp³-hybridized carbons (Fsp3) is 0.947. The third-order valence-corrected chi connectivity index (χ3v) is 5.14. The molecule has 0 aliphatic carbocycles. The van der Waals surface area contributed by atoms with Crippen molar-refractivity contribution in [2.24, 2.45) is 0 Å². The maximum Gasteiger partial charge on any atom is 0.251 e. The van der Waals surface area contributed by atoms with Gasteiger partial charge in [0.1, 0.15) is 18.3 Å². The summed E-state index contributed by atoms with van der Waals surface area (Å²) >= 11 is 0. The standard InChI is InChI=1S/C19H39N3O8/c1-2-3-10-30-13-14(24)11-22-8-6-21(7-9-22)5-4-20-19(29)18(28)17(27)16(26)15(25)12-23/h14-18,23-28H,2-13H2,1H3,(H,20,29). The van der Waals surface area contributed by atoms with Crippen LogP contribution in [-0.2, 0) is 9.53 Å². The second kappa shape index (κ2) is 15.0. The topological polar surface area (TPSA) is 166 Å². The number of carbonyl (C=O) groups excluding carboxylic acids is 1. The van der Waals surface area contributed by atoms with Crippen LogP contribution in [0.15, 0.2) is 0 Å². The van der Waals surface area contributed by atoms with Gasteiger partial charge in [0.15, 0.2) is 6.10 Å². The molecule has 30 heavy (non-hydrogen) atoms. The average molecular weight is 438 g/mol. The Morgan fingerprint density at radius 1 is 1.03 bits per heavy atom. The van der Waals surface area contributed by atoms with Crippen LogP contribution in [0.2, 0.25) is 0 Å². The Morgan fingerprint density at radius 3 is 2.27 bits per heavy atom. The molecule has 1 amide bonds. The first kappa shape index (κ1) is 27.1. The van der Waals surface area contributed by atoms with Crippen LogP contribution in [0, 0.1) is 0 Å². The van der Waals surface area contributed by atoms with Crippen molar-refractivity contribution in [1.29, 1.82) is 0 Å².